The van der Waals surface area contributed by atoms with E-state index in [0.29, 0.717) is 5.02 Å². The van der Waals surface area contributed by atoms with Crippen molar-refractivity contribution >= 4 is 11.6 Å². The van der Waals surface area contributed by atoms with Gasteiger partial charge in [0, 0.05) is 10.6 Å². The molecule has 0 radical (unpaired) electrons. The van der Waals surface area contributed by atoms with Gasteiger partial charge in [0.25, 0.3) is 0 Å². The van der Waals surface area contributed by atoms with Crippen molar-refractivity contribution in [1.29, 1.82) is 0 Å². The second-order valence-corrected chi connectivity index (χ2v) is 4.39. The lowest BCUT2D eigenvalue weighted by atomic mass is 10.0. The van der Waals surface area contributed by atoms with Crippen LogP contribution < -0.4 is 5.32 Å². The minimum atomic E-state index is 0.230. The topological polar surface area (TPSA) is 32.3 Å². The molecule has 0 spiro atoms. The third-order valence-corrected chi connectivity index (χ3v) is 3.30. The number of phenols is 1. The van der Waals surface area contributed by atoms with Crippen LogP contribution in [0.25, 0.3) is 0 Å². The van der Waals surface area contributed by atoms with E-state index in [4.69, 9.17) is 11.6 Å². The molecule has 0 bridgehead atoms. The Morgan fingerprint density at radius 3 is 2.71 bits per heavy atom. The van der Waals surface area contributed by atoms with E-state index in [0.717, 1.165) is 12.0 Å². The van der Waals surface area contributed by atoms with Crippen LogP contribution in [0.4, 0.5) is 0 Å². The number of rotatable bonds is 3. The normalized spacial score (nSPS) is 18.1. The summed E-state index contributed by atoms with van der Waals surface area (Å²) in [5.41, 5.74) is 1.37. The molecule has 0 amide bonds. The first-order valence-corrected chi connectivity index (χ1v) is 5.19. The highest BCUT2D eigenvalue weighted by Gasteiger charge is 2.41. The lowest BCUT2D eigenvalue weighted by molar-refractivity contribution is 0.474. The standard InChI is InChI=1S/C11H14ClNO/c1-13-11(4-5-11)7-8-2-3-9(14)6-10(8)12/h2-3,6,13-14H,4-5,7H2,1H3. The van der Waals surface area contributed by atoms with Gasteiger partial charge in [0.1, 0.15) is 5.75 Å². The van der Waals surface area contributed by atoms with Crippen molar-refractivity contribution in [2.24, 2.45) is 0 Å². The predicted molar refractivity (Wildman–Crippen MR) is 57.8 cm³/mol. The molecule has 0 saturated heterocycles. The quantitative estimate of drug-likeness (QED) is 0.805. The third-order valence-electron chi connectivity index (χ3n) is 2.95. The number of benzene rings is 1. The van der Waals surface area contributed by atoms with Gasteiger partial charge in [-0.05, 0) is 44.0 Å². The summed E-state index contributed by atoms with van der Waals surface area (Å²) >= 11 is 6.03. The highest BCUT2D eigenvalue weighted by Crippen LogP contribution is 2.39. The van der Waals surface area contributed by atoms with Crippen LogP contribution in [-0.4, -0.2) is 17.7 Å². The van der Waals surface area contributed by atoms with Gasteiger partial charge < -0.3 is 10.4 Å². The van der Waals surface area contributed by atoms with Gasteiger partial charge in [-0.25, -0.2) is 0 Å². The Morgan fingerprint density at radius 2 is 2.21 bits per heavy atom. The average molecular weight is 212 g/mol. The first-order valence-electron chi connectivity index (χ1n) is 4.81. The van der Waals surface area contributed by atoms with Crippen LogP contribution in [-0.2, 0) is 6.42 Å². The summed E-state index contributed by atoms with van der Waals surface area (Å²) in [6.07, 6.45) is 3.37. The van der Waals surface area contributed by atoms with Crippen molar-refractivity contribution < 1.29 is 5.11 Å². The Morgan fingerprint density at radius 1 is 1.50 bits per heavy atom. The number of hydrogen-bond donors (Lipinski definition) is 2. The highest BCUT2D eigenvalue weighted by atomic mass is 35.5. The van der Waals surface area contributed by atoms with Crippen molar-refractivity contribution in [2.75, 3.05) is 7.05 Å². The van der Waals surface area contributed by atoms with E-state index in [1.54, 1.807) is 12.1 Å². The molecule has 0 aromatic heterocycles. The van der Waals surface area contributed by atoms with Crippen LogP contribution in [0.5, 0.6) is 5.75 Å². The van der Waals surface area contributed by atoms with Gasteiger partial charge in [0.05, 0.1) is 0 Å². The number of likely N-dealkylation sites (N-methyl/N-ethyl adjacent to an activating group) is 1. The molecule has 1 saturated carbocycles. The van der Waals surface area contributed by atoms with Gasteiger partial charge in [-0.15, -0.1) is 0 Å². The molecule has 3 heteroatoms. The third kappa shape index (κ3) is 1.86. The molecule has 2 rings (SSSR count). The lowest BCUT2D eigenvalue weighted by Crippen LogP contribution is -2.29. The molecule has 0 unspecified atom stereocenters. The zero-order valence-electron chi connectivity index (χ0n) is 8.18. The maximum atomic E-state index is 9.21. The summed E-state index contributed by atoms with van der Waals surface area (Å²) in [6.45, 7) is 0. The average Bonchev–Trinajstić information content (AvgIpc) is 2.91. The van der Waals surface area contributed by atoms with E-state index < -0.39 is 0 Å². The minimum absolute atomic E-state index is 0.230. The summed E-state index contributed by atoms with van der Waals surface area (Å²) < 4.78 is 0. The summed E-state index contributed by atoms with van der Waals surface area (Å²) in [6, 6.07) is 5.19. The monoisotopic (exact) mass is 211 g/mol. The molecule has 1 fully saturated rings. The van der Waals surface area contributed by atoms with Gasteiger partial charge in [-0.2, -0.15) is 0 Å². The molecule has 1 aromatic rings. The first kappa shape index (κ1) is 9.81. The van der Waals surface area contributed by atoms with Crippen molar-refractivity contribution in [3.05, 3.63) is 28.8 Å². The number of phenolic OH excluding ortho intramolecular Hbond substituents is 1. The van der Waals surface area contributed by atoms with Gasteiger partial charge in [0.2, 0.25) is 0 Å². The maximum absolute atomic E-state index is 9.21. The molecule has 2 nitrogen and oxygen atoms in total. The van der Waals surface area contributed by atoms with E-state index in [-0.39, 0.29) is 11.3 Å². The van der Waals surface area contributed by atoms with Crippen LogP contribution in [0.2, 0.25) is 5.02 Å². The van der Waals surface area contributed by atoms with E-state index in [9.17, 15) is 5.11 Å². The highest BCUT2D eigenvalue weighted by molar-refractivity contribution is 6.31. The fourth-order valence-electron chi connectivity index (χ4n) is 1.71. The molecule has 0 atom stereocenters. The largest absolute Gasteiger partial charge is 0.508 e. The molecule has 1 aromatic carbocycles. The van der Waals surface area contributed by atoms with E-state index in [1.165, 1.54) is 12.8 Å². The predicted octanol–water partition coefficient (Wildman–Crippen LogP) is 2.34. The Labute approximate surface area is 88.9 Å². The second-order valence-electron chi connectivity index (χ2n) is 3.98. The Bertz CT molecular complexity index is 347. The zero-order chi connectivity index (χ0) is 10.2. The number of nitrogens with one attached hydrogen (secondary N) is 1. The van der Waals surface area contributed by atoms with E-state index in [2.05, 4.69) is 5.32 Å². The molecule has 1 aliphatic carbocycles. The van der Waals surface area contributed by atoms with E-state index >= 15 is 0 Å². The molecule has 1 aliphatic rings. The number of hydrogen-bond acceptors (Lipinski definition) is 2. The molecular formula is C11H14ClNO. The maximum Gasteiger partial charge on any atom is 0.117 e. The Balaban J connectivity index is 2.17. The van der Waals surface area contributed by atoms with E-state index in [1.807, 2.05) is 13.1 Å². The fraction of sp³-hybridized carbons (Fsp3) is 0.455. The molecule has 2 N–H and O–H groups in total. The number of aromatic hydroxyl groups is 1. The smallest absolute Gasteiger partial charge is 0.117 e. The summed E-state index contributed by atoms with van der Waals surface area (Å²) in [5, 5.41) is 13.2. The van der Waals surface area contributed by atoms with Gasteiger partial charge in [-0.1, -0.05) is 17.7 Å². The van der Waals surface area contributed by atoms with Crippen LogP contribution in [0.3, 0.4) is 0 Å². The summed E-state index contributed by atoms with van der Waals surface area (Å²) in [7, 11) is 1.99. The van der Waals surface area contributed by atoms with Crippen LogP contribution in [0.1, 0.15) is 18.4 Å². The Kier molecular flexibility index (Phi) is 2.41. The molecule has 14 heavy (non-hydrogen) atoms. The fourth-order valence-corrected chi connectivity index (χ4v) is 1.95. The lowest BCUT2D eigenvalue weighted by Gasteiger charge is -2.14. The molecular weight excluding hydrogens is 198 g/mol. The summed E-state index contributed by atoms with van der Waals surface area (Å²) in [4.78, 5) is 0. The van der Waals surface area contributed by atoms with Crippen molar-refractivity contribution in [1.82, 2.24) is 5.32 Å². The first-order chi connectivity index (χ1) is 6.65. The van der Waals surface area contributed by atoms with Gasteiger partial charge in [-0.3, -0.25) is 0 Å². The SMILES string of the molecule is CNC1(Cc2ccc(O)cc2Cl)CC1. The van der Waals surface area contributed by atoms with Crippen LogP contribution in [0, 0.1) is 0 Å². The zero-order valence-corrected chi connectivity index (χ0v) is 8.93. The van der Waals surface area contributed by atoms with Gasteiger partial charge in [0.15, 0.2) is 0 Å². The minimum Gasteiger partial charge on any atom is -0.508 e. The molecule has 0 heterocycles. The van der Waals surface area contributed by atoms with Crippen LogP contribution >= 0.6 is 11.6 Å². The Hall–Kier alpha value is -0.730. The molecule has 76 valence electrons. The molecule has 0 aliphatic heterocycles. The van der Waals surface area contributed by atoms with Gasteiger partial charge >= 0.3 is 0 Å². The second kappa shape index (κ2) is 3.44. The number of halogens is 1. The summed E-state index contributed by atoms with van der Waals surface area (Å²) in [5.74, 6) is 0.230. The van der Waals surface area contributed by atoms with Crippen LogP contribution in [0.15, 0.2) is 18.2 Å². The van der Waals surface area contributed by atoms with Crippen molar-refractivity contribution in [3.63, 3.8) is 0 Å². The van der Waals surface area contributed by atoms with Crippen molar-refractivity contribution in [2.45, 2.75) is 24.8 Å². The van der Waals surface area contributed by atoms with Crippen molar-refractivity contribution in [3.8, 4) is 5.75 Å².